The molecule has 1 aromatic heterocycles. The zero-order valence-electron chi connectivity index (χ0n) is 16.8. The van der Waals surface area contributed by atoms with Gasteiger partial charge in [-0.2, -0.15) is 0 Å². The molecule has 0 N–H and O–H groups in total. The van der Waals surface area contributed by atoms with Gasteiger partial charge in [0, 0.05) is 31.1 Å². The van der Waals surface area contributed by atoms with E-state index in [0.29, 0.717) is 32.1 Å². The van der Waals surface area contributed by atoms with E-state index in [1.54, 1.807) is 4.90 Å². The summed E-state index contributed by atoms with van der Waals surface area (Å²) in [5.74, 6) is 1.20. The maximum Gasteiger partial charge on any atom is 0.264 e. The Morgan fingerprint density at radius 2 is 1.75 bits per heavy atom. The molecular formula is C22H28N2O3S. The Morgan fingerprint density at radius 1 is 1.07 bits per heavy atom. The molecule has 150 valence electrons. The Balaban J connectivity index is 1.51. The van der Waals surface area contributed by atoms with E-state index in [1.165, 1.54) is 11.3 Å². The summed E-state index contributed by atoms with van der Waals surface area (Å²) in [6.45, 7) is 8.55. The Hall–Kier alpha value is -2.34. The van der Waals surface area contributed by atoms with Crippen LogP contribution in [0.15, 0.2) is 36.4 Å². The zero-order valence-corrected chi connectivity index (χ0v) is 17.6. The number of benzene rings is 1. The number of carbonyl (C=O) groups excluding carboxylic acids is 2. The van der Waals surface area contributed by atoms with E-state index in [0.717, 1.165) is 27.5 Å². The van der Waals surface area contributed by atoms with Crippen molar-refractivity contribution in [1.29, 1.82) is 0 Å². The molecule has 1 fully saturated rings. The summed E-state index contributed by atoms with van der Waals surface area (Å²) < 4.78 is 5.85. The highest BCUT2D eigenvalue weighted by Gasteiger charge is 2.26. The predicted molar refractivity (Wildman–Crippen MR) is 112 cm³/mol. The molecule has 0 spiro atoms. The number of thiophene rings is 1. The molecule has 1 atom stereocenters. The maximum absolute atomic E-state index is 12.6. The number of ether oxygens (including phenoxy) is 1. The molecule has 0 saturated carbocycles. The molecule has 28 heavy (non-hydrogen) atoms. The highest BCUT2D eigenvalue weighted by Crippen LogP contribution is 2.28. The molecule has 1 aromatic carbocycles. The highest BCUT2D eigenvalue weighted by molar-refractivity contribution is 7.13. The van der Waals surface area contributed by atoms with E-state index in [9.17, 15) is 9.59 Å². The number of hydrogen-bond donors (Lipinski definition) is 0. The summed E-state index contributed by atoms with van der Waals surface area (Å²) in [7, 11) is 0. The number of amides is 2. The van der Waals surface area contributed by atoms with E-state index in [-0.39, 0.29) is 18.4 Å². The van der Waals surface area contributed by atoms with Crippen LogP contribution in [0.1, 0.15) is 46.3 Å². The summed E-state index contributed by atoms with van der Waals surface area (Å²) in [5.41, 5.74) is 1.14. The van der Waals surface area contributed by atoms with Crippen LogP contribution in [0, 0.1) is 6.92 Å². The SMILES string of the molecule is CCC(C)c1ccccc1OCC(=O)N1CCN(C(=O)c2ccc(C)s2)CC1. The van der Waals surface area contributed by atoms with Gasteiger partial charge in [0.2, 0.25) is 0 Å². The molecule has 1 saturated heterocycles. The van der Waals surface area contributed by atoms with E-state index in [2.05, 4.69) is 19.9 Å². The van der Waals surface area contributed by atoms with Crippen LogP contribution < -0.4 is 4.74 Å². The van der Waals surface area contributed by atoms with Crippen LogP contribution in [-0.4, -0.2) is 54.4 Å². The lowest BCUT2D eigenvalue weighted by molar-refractivity contribution is -0.134. The van der Waals surface area contributed by atoms with E-state index in [4.69, 9.17) is 4.74 Å². The first-order valence-corrected chi connectivity index (χ1v) is 10.7. The molecule has 0 aliphatic carbocycles. The van der Waals surface area contributed by atoms with Gasteiger partial charge in [-0.15, -0.1) is 11.3 Å². The summed E-state index contributed by atoms with van der Waals surface area (Å²) in [6.07, 6.45) is 1.02. The molecule has 1 aliphatic rings. The molecule has 0 bridgehead atoms. The standard InChI is InChI=1S/C22H28N2O3S/c1-4-16(2)18-7-5-6-8-19(18)27-15-21(25)23-11-13-24(14-12-23)22(26)20-10-9-17(3)28-20/h5-10,16H,4,11-15H2,1-3H3. The van der Waals surface area contributed by atoms with Crippen molar-refractivity contribution < 1.29 is 14.3 Å². The third-order valence-electron chi connectivity index (χ3n) is 5.28. The van der Waals surface area contributed by atoms with Crippen molar-refractivity contribution in [2.24, 2.45) is 0 Å². The third-order valence-corrected chi connectivity index (χ3v) is 6.27. The number of nitrogens with zero attached hydrogens (tertiary/aromatic N) is 2. The van der Waals surface area contributed by atoms with Crippen LogP contribution in [-0.2, 0) is 4.79 Å². The Labute approximate surface area is 170 Å². The Morgan fingerprint density at radius 3 is 2.39 bits per heavy atom. The Bertz CT molecular complexity index is 825. The summed E-state index contributed by atoms with van der Waals surface area (Å²) in [6, 6.07) is 11.8. The van der Waals surface area contributed by atoms with E-state index in [1.807, 2.05) is 42.2 Å². The minimum atomic E-state index is -0.0296. The lowest BCUT2D eigenvalue weighted by atomic mass is 9.98. The number of aryl methyl sites for hydroxylation is 1. The minimum absolute atomic E-state index is 0.0296. The van der Waals surface area contributed by atoms with Crippen molar-refractivity contribution in [2.75, 3.05) is 32.8 Å². The largest absolute Gasteiger partial charge is 0.483 e. The molecular weight excluding hydrogens is 372 g/mol. The van der Waals surface area contributed by atoms with Crippen molar-refractivity contribution in [3.05, 3.63) is 51.7 Å². The summed E-state index contributed by atoms with van der Waals surface area (Å²) in [4.78, 5) is 30.6. The minimum Gasteiger partial charge on any atom is -0.483 e. The quantitative estimate of drug-likeness (QED) is 0.738. The van der Waals surface area contributed by atoms with Gasteiger partial charge in [-0.1, -0.05) is 32.0 Å². The summed E-state index contributed by atoms with van der Waals surface area (Å²) >= 11 is 1.52. The predicted octanol–water partition coefficient (Wildman–Crippen LogP) is 3.93. The van der Waals surface area contributed by atoms with Crippen molar-refractivity contribution in [2.45, 2.75) is 33.1 Å². The van der Waals surface area contributed by atoms with Crippen LogP contribution in [0.2, 0.25) is 0 Å². The molecule has 5 nitrogen and oxygen atoms in total. The number of carbonyl (C=O) groups is 2. The Kier molecular flexibility index (Phi) is 6.73. The normalized spacial score (nSPS) is 15.4. The van der Waals surface area contributed by atoms with Crippen LogP contribution in [0.4, 0.5) is 0 Å². The summed E-state index contributed by atoms with van der Waals surface area (Å²) in [5, 5.41) is 0. The van der Waals surface area contributed by atoms with Gasteiger partial charge in [0.15, 0.2) is 6.61 Å². The molecule has 1 aliphatic heterocycles. The third kappa shape index (κ3) is 4.73. The number of rotatable bonds is 6. The van der Waals surface area contributed by atoms with Gasteiger partial charge >= 0.3 is 0 Å². The second-order valence-electron chi connectivity index (χ2n) is 7.22. The number of para-hydroxylation sites is 1. The monoisotopic (exact) mass is 400 g/mol. The van der Waals surface area contributed by atoms with Gasteiger partial charge in [0.25, 0.3) is 11.8 Å². The topological polar surface area (TPSA) is 49.9 Å². The van der Waals surface area contributed by atoms with Gasteiger partial charge in [-0.3, -0.25) is 9.59 Å². The fourth-order valence-electron chi connectivity index (χ4n) is 3.33. The highest BCUT2D eigenvalue weighted by atomic mass is 32.1. The second-order valence-corrected chi connectivity index (χ2v) is 8.51. The number of piperazine rings is 1. The average Bonchev–Trinajstić information content (AvgIpc) is 3.17. The molecule has 0 radical (unpaired) electrons. The molecule has 3 rings (SSSR count). The first kappa shape index (κ1) is 20.4. The fraction of sp³-hybridized carbons (Fsp3) is 0.455. The van der Waals surface area contributed by atoms with Crippen molar-refractivity contribution in [3.63, 3.8) is 0 Å². The first-order chi connectivity index (χ1) is 13.5. The number of hydrogen-bond acceptors (Lipinski definition) is 4. The van der Waals surface area contributed by atoms with Crippen LogP contribution in [0.25, 0.3) is 0 Å². The van der Waals surface area contributed by atoms with Gasteiger partial charge in [0.1, 0.15) is 5.75 Å². The molecule has 2 heterocycles. The van der Waals surface area contributed by atoms with Crippen LogP contribution in [0.5, 0.6) is 5.75 Å². The second kappa shape index (κ2) is 9.24. The molecule has 2 aromatic rings. The van der Waals surface area contributed by atoms with E-state index < -0.39 is 0 Å². The molecule has 1 unspecified atom stereocenters. The smallest absolute Gasteiger partial charge is 0.264 e. The maximum atomic E-state index is 12.6. The lowest BCUT2D eigenvalue weighted by Crippen LogP contribution is -2.51. The lowest BCUT2D eigenvalue weighted by Gasteiger charge is -2.34. The van der Waals surface area contributed by atoms with E-state index >= 15 is 0 Å². The zero-order chi connectivity index (χ0) is 20.1. The molecule has 2 amide bonds. The fourth-order valence-corrected chi connectivity index (χ4v) is 4.17. The average molecular weight is 401 g/mol. The van der Waals surface area contributed by atoms with Crippen LogP contribution >= 0.6 is 11.3 Å². The van der Waals surface area contributed by atoms with Gasteiger partial charge < -0.3 is 14.5 Å². The molecule has 6 heteroatoms. The van der Waals surface area contributed by atoms with Crippen LogP contribution in [0.3, 0.4) is 0 Å². The van der Waals surface area contributed by atoms with Gasteiger partial charge in [-0.25, -0.2) is 0 Å². The van der Waals surface area contributed by atoms with Crippen molar-refractivity contribution in [1.82, 2.24) is 9.80 Å². The first-order valence-electron chi connectivity index (χ1n) is 9.84. The van der Waals surface area contributed by atoms with Gasteiger partial charge in [0.05, 0.1) is 4.88 Å². The van der Waals surface area contributed by atoms with Gasteiger partial charge in [-0.05, 0) is 43.0 Å². The van der Waals surface area contributed by atoms with Crippen molar-refractivity contribution >= 4 is 23.2 Å². The van der Waals surface area contributed by atoms with Crippen molar-refractivity contribution in [3.8, 4) is 5.75 Å².